The molecule has 2 atom stereocenters. The van der Waals surface area contributed by atoms with Crippen molar-refractivity contribution >= 4 is 23.5 Å². The van der Waals surface area contributed by atoms with Gasteiger partial charge < -0.3 is 38.8 Å². The summed E-state index contributed by atoms with van der Waals surface area (Å²) in [5, 5.41) is 23.2. The first-order valence-electron chi connectivity index (χ1n) is 14.8. The van der Waals surface area contributed by atoms with Crippen molar-refractivity contribution in [2.75, 3.05) is 52.7 Å². The summed E-state index contributed by atoms with van der Waals surface area (Å²) >= 11 is 1.50. The minimum absolute atomic E-state index is 0.0846. The lowest BCUT2D eigenvalue weighted by molar-refractivity contribution is -0.0379. The number of carbonyl (C=O) groups excluding carboxylic acids is 1. The Morgan fingerprint density at radius 2 is 1.58 bits per heavy atom. The molecule has 0 radical (unpaired) electrons. The number of hydrogen-bond donors (Lipinski definition) is 3. The molecule has 1 aliphatic rings. The zero-order valence-electron chi connectivity index (χ0n) is 26.3. The van der Waals surface area contributed by atoms with E-state index in [1.54, 1.807) is 40.6 Å². The molecule has 3 aromatic carbocycles. The lowest BCUT2D eigenvalue weighted by Gasteiger charge is -2.19. The van der Waals surface area contributed by atoms with E-state index in [-0.39, 0.29) is 30.2 Å². The number of phenols is 1. The Hall–Kier alpha value is -4.00. The van der Waals surface area contributed by atoms with E-state index in [1.165, 1.54) is 17.8 Å². The third kappa shape index (κ3) is 8.59. The number of aromatic hydroxyl groups is 1. The highest BCUT2D eigenvalue weighted by molar-refractivity contribution is 7.99. The highest BCUT2D eigenvalue weighted by Gasteiger charge is 2.30. The average Bonchev–Trinajstić information content (AvgIpc) is 3.56. The number of hydroxylamine groups is 2. The first-order valence-corrected chi connectivity index (χ1v) is 15.8. The Bertz CT molecular complexity index is 1410. The number of benzene rings is 3. The molecule has 12 heteroatoms. The highest BCUT2D eigenvalue weighted by Crippen LogP contribution is 2.47. The predicted molar refractivity (Wildman–Crippen MR) is 172 cm³/mol. The monoisotopic (exact) mass is 642 g/mol. The van der Waals surface area contributed by atoms with Crippen LogP contribution >= 0.6 is 11.8 Å². The van der Waals surface area contributed by atoms with Crippen molar-refractivity contribution in [3.05, 3.63) is 59.7 Å². The SMILES string of the molecule is CCCCN(O)C(=O)Nc1cc(SCCOc2ccc(C3CCC(c4cc(OC)c(OC)c(OC)c4)O3)cc2OC)ccc1O. The van der Waals surface area contributed by atoms with Crippen LogP contribution in [0.2, 0.25) is 0 Å². The number of phenolic OH excluding ortho intramolecular Hbond substituents is 1. The van der Waals surface area contributed by atoms with Gasteiger partial charge in [0.25, 0.3) is 0 Å². The quantitative estimate of drug-likeness (QED) is 0.0514. The number of thioether (sulfide) groups is 1. The number of anilines is 1. The van der Waals surface area contributed by atoms with Gasteiger partial charge in [-0.2, -0.15) is 0 Å². The molecule has 3 aromatic rings. The normalized spacial score (nSPS) is 15.8. The zero-order valence-corrected chi connectivity index (χ0v) is 27.1. The van der Waals surface area contributed by atoms with Gasteiger partial charge in [0.15, 0.2) is 23.0 Å². The Labute approximate surface area is 268 Å². The smallest absolute Gasteiger partial charge is 0.345 e. The van der Waals surface area contributed by atoms with Crippen LogP contribution in [0.5, 0.6) is 34.5 Å². The van der Waals surface area contributed by atoms with Crippen LogP contribution in [0.25, 0.3) is 0 Å². The standard InChI is InChI=1S/C33H42N2O9S/c1-6-7-14-35(38)33(37)34-24-20-23(9-10-25(24)36)45-16-15-43-28-11-8-21(17-29(28)39-2)26-12-13-27(44-26)22-18-30(40-3)32(42-5)31(19-22)41-4/h8-11,17-20,26-27,36,38H,6-7,12-16H2,1-5H3,(H,34,37). The predicted octanol–water partition coefficient (Wildman–Crippen LogP) is 7.21. The number of rotatable bonds is 15. The molecular weight excluding hydrogens is 600 g/mol. The van der Waals surface area contributed by atoms with Gasteiger partial charge in [-0.1, -0.05) is 19.4 Å². The molecule has 2 unspecified atom stereocenters. The van der Waals surface area contributed by atoms with E-state index in [0.717, 1.165) is 35.3 Å². The number of nitrogens with zero attached hydrogens (tertiary/aromatic N) is 1. The summed E-state index contributed by atoms with van der Waals surface area (Å²) < 4.78 is 34.6. The van der Waals surface area contributed by atoms with Crippen LogP contribution in [0.1, 0.15) is 55.9 Å². The molecule has 4 rings (SSSR count). The summed E-state index contributed by atoms with van der Waals surface area (Å²) in [5.74, 6) is 3.48. The molecule has 0 saturated carbocycles. The van der Waals surface area contributed by atoms with Gasteiger partial charge in [-0.3, -0.25) is 5.21 Å². The third-order valence-corrected chi connectivity index (χ3v) is 8.37. The number of unbranched alkanes of at least 4 members (excludes halogenated alkanes) is 1. The van der Waals surface area contributed by atoms with Crippen LogP contribution in [0.3, 0.4) is 0 Å². The molecule has 11 nitrogen and oxygen atoms in total. The van der Waals surface area contributed by atoms with Gasteiger partial charge in [0, 0.05) is 10.6 Å². The molecule has 0 aliphatic carbocycles. The van der Waals surface area contributed by atoms with Crippen LogP contribution in [0.15, 0.2) is 53.4 Å². The van der Waals surface area contributed by atoms with Gasteiger partial charge in [-0.25, -0.2) is 9.86 Å². The molecule has 1 saturated heterocycles. The van der Waals surface area contributed by atoms with E-state index in [4.69, 9.17) is 28.4 Å². The lowest BCUT2D eigenvalue weighted by Crippen LogP contribution is -2.32. The van der Waals surface area contributed by atoms with E-state index in [9.17, 15) is 15.1 Å². The van der Waals surface area contributed by atoms with Crippen molar-refractivity contribution < 1.29 is 43.5 Å². The molecule has 2 amide bonds. The van der Waals surface area contributed by atoms with E-state index in [2.05, 4.69) is 5.32 Å². The van der Waals surface area contributed by atoms with Crippen LogP contribution in [0.4, 0.5) is 10.5 Å². The Morgan fingerprint density at radius 3 is 2.22 bits per heavy atom. The van der Waals surface area contributed by atoms with Crippen molar-refractivity contribution in [1.29, 1.82) is 0 Å². The number of ether oxygens (including phenoxy) is 6. The maximum Gasteiger partial charge on any atom is 0.345 e. The van der Waals surface area contributed by atoms with Crippen LogP contribution in [0, 0.1) is 0 Å². The number of amides is 2. The molecule has 244 valence electrons. The summed E-state index contributed by atoms with van der Waals surface area (Å²) in [7, 11) is 6.38. The Morgan fingerprint density at radius 1 is 0.911 bits per heavy atom. The summed E-state index contributed by atoms with van der Waals surface area (Å²) in [6, 6.07) is 13.9. The summed E-state index contributed by atoms with van der Waals surface area (Å²) in [4.78, 5) is 13.0. The highest BCUT2D eigenvalue weighted by atomic mass is 32.2. The van der Waals surface area contributed by atoms with Crippen LogP contribution in [-0.2, 0) is 4.74 Å². The van der Waals surface area contributed by atoms with Crippen molar-refractivity contribution in [1.82, 2.24) is 5.06 Å². The number of urea groups is 1. The minimum atomic E-state index is -0.695. The van der Waals surface area contributed by atoms with Crippen molar-refractivity contribution in [2.24, 2.45) is 0 Å². The number of carbonyl (C=O) groups is 1. The van der Waals surface area contributed by atoms with E-state index < -0.39 is 6.03 Å². The maximum atomic E-state index is 12.2. The third-order valence-electron chi connectivity index (χ3n) is 7.42. The molecule has 3 N–H and O–H groups in total. The van der Waals surface area contributed by atoms with E-state index >= 15 is 0 Å². The zero-order chi connectivity index (χ0) is 32.3. The fourth-order valence-electron chi connectivity index (χ4n) is 5.02. The van der Waals surface area contributed by atoms with Crippen molar-refractivity contribution in [3.8, 4) is 34.5 Å². The molecule has 0 bridgehead atoms. The maximum absolute atomic E-state index is 12.2. The van der Waals surface area contributed by atoms with Crippen LogP contribution < -0.4 is 29.0 Å². The summed E-state index contributed by atoms with van der Waals surface area (Å²) in [5.41, 5.74) is 2.18. The molecule has 1 fully saturated rings. The molecular formula is C33H42N2O9S. The van der Waals surface area contributed by atoms with Gasteiger partial charge in [0.1, 0.15) is 5.75 Å². The second-order valence-corrected chi connectivity index (χ2v) is 11.5. The van der Waals surface area contributed by atoms with Gasteiger partial charge in [-0.15, -0.1) is 11.8 Å². The molecule has 0 aromatic heterocycles. The van der Waals surface area contributed by atoms with Crippen LogP contribution in [-0.4, -0.2) is 68.8 Å². The first-order chi connectivity index (χ1) is 21.8. The summed E-state index contributed by atoms with van der Waals surface area (Å²) in [6.07, 6.45) is 2.95. The van der Waals surface area contributed by atoms with Crippen molar-refractivity contribution in [2.45, 2.75) is 49.7 Å². The molecule has 1 aliphatic heterocycles. The lowest BCUT2D eigenvalue weighted by atomic mass is 10.0. The molecule has 45 heavy (non-hydrogen) atoms. The molecule has 0 spiro atoms. The number of nitrogens with one attached hydrogen (secondary N) is 1. The topological polar surface area (TPSA) is 128 Å². The Balaban J connectivity index is 1.33. The fourth-order valence-corrected chi connectivity index (χ4v) is 5.79. The second-order valence-electron chi connectivity index (χ2n) is 10.3. The van der Waals surface area contributed by atoms with Gasteiger partial charge in [0.2, 0.25) is 5.75 Å². The molecule has 1 heterocycles. The number of methoxy groups -OCH3 is 4. The summed E-state index contributed by atoms with van der Waals surface area (Å²) in [6.45, 7) is 2.57. The van der Waals surface area contributed by atoms with Gasteiger partial charge >= 0.3 is 6.03 Å². The second kappa shape index (κ2) is 16.4. The number of hydrogen-bond acceptors (Lipinski definition) is 10. The van der Waals surface area contributed by atoms with Crippen molar-refractivity contribution in [3.63, 3.8) is 0 Å². The van der Waals surface area contributed by atoms with E-state index in [0.29, 0.717) is 52.6 Å². The van der Waals surface area contributed by atoms with E-state index in [1.807, 2.05) is 37.3 Å². The Kier molecular flexibility index (Phi) is 12.3. The average molecular weight is 643 g/mol. The van der Waals surface area contributed by atoms with Gasteiger partial charge in [-0.05, 0) is 72.9 Å². The minimum Gasteiger partial charge on any atom is -0.506 e. The first kappa shape index (κ1) is 33.9. The van der Waals surface area contributed by atoms with Gasteiger partial charge in [0.05, 0.1) is 59.5 Å². The fraction of sp³-hybridized carbons (Fsp3) is 0.424. The largest absolute Gasteiger partial charge is 0.506 e.